The third-order valence-electron chi connectivity index (χ3n) is 3.78. The molecule has 112 valence electrons. The van der Waals surface area contributed by atoms with Gasteiger partial charge in [0.25, 0.3) is 5.91 Å². The molecule has 2 aliphatic rings. The van der Waals surface area contributed by atoms with Gasteiger partial charge in [0, 0.05) is 45.6 Å². The number of carbonyl (C=O) groups is 2. The molecular weight excluding hydrogens is 260 g/mol. The van der Waals surface area contributed by atoms with Gasteiger partial charge in [0.2, 0.25) is 11.5 Å². The van der Waals surface area contributed by atoms with E-state index in [4.69, 9.17) is 10.6 Å². The molecule has 1 saturated heterocycles. The highest BCUT2D eigenvalue weighted by atomic mass is 16.7. The zero-order chi connectivity index (χ0) is 14.8. The maximum atomic E-state index is 12.5. The van der Waals surface area contributed by atoms with E-state index in [1.807, 2.05) is 11.8 Å². The van der Waals surface area contributed by atoms with E-state index in [9.17, 15) is 9.59 Å². The average Bonchev–Trinajstić information content (AvgIpc) is 2.77. The van der Waals surface area contributed by atoms with Crippen molar-refractivity contribution in [3.63, 3.8) is 0 Å². The molecule has 2 amide bonds. The first-order valence-corrected chi connectivity index (χ1v) is 6.92. The molecule has 7 nitrogen and oxygen atoms in total. The van der Waals surface area contributed by atoms with E-state index < -0.39 is 5.60 Å². The molecule has 2 rings (SSSR count). The number of primary amides is 1. The zero-order valence-electron chi connectivity index (χ0n) is 12.1. The van der Waals surface area contributed by atoms with Crippen molar-refractivity contribution >= 4 is 17.5 Å². The van der Waals surface area contributed by atoms with Gasteiger partial charge in [0.05, 0.1) is 5.71 Å². The summed E-state index contributed by atoms with van der Waals surface area (Å²) in [6.45, 7) is 7.12. The number of hydrogen-bond acceptors (Lipinski definition) is 5. The van der Waals surface area contributed by atoms with Crippen molar-refractivity contribution in [1.82, 2.24) is 9.80 Å². The second-order valence-corrected chi connectivity index (χ2v) is 5.68. The Morgan fingerprint density at radius 1 is 1.35 bits per heavy atom. The van der Waals surface area contributed by atoms with Crippen LogP contribution in [0.2, 0.25) is 0 Å². The standard InChI is InChI=1S/C13H22N4O3/c1-10-9-13(2,20-15-10)12(19)17-7-5-16(6-8-17)4-3-11(14)18/h3-9H2,1-2H3,(H2,14,18)/t13-/m0/s1. The van der Waals surface area contributed by atoms with Crippen molar-refractivity contribution in [2.75, 3.05) is 32.7 Å². The van der Waals surface area contributed by atoms with Crippen LogP contribution in [0.3, 0.4) is 0 Å². The van der Waals surface area contributed by atoms with E-state index in [1.165, 1.54) is 0 Å². The SMILES string of the molecule is CC1=NO[C@](C)(C(=O)N2CCN(CCC(N)=O)CC2)C1. The number of nitrogens with zero attached hydrogens (tertiary/aromatic N) is 3. The van der Waals surface area contributed by atoms with E-state index in [2.05, 4.69) is 10.1 Å². The van der Waals surface area contributed by atoms with Gasteiger partial charge in [-0.25, -0.2) is 0 Å². The molecule has 0 aromatic carbocycles. The number of rotatable bonds is 4. The molecule has 0 aromatic rings. The van der Waals surface area contributed by atoms with Crippen LogP contribution < -0.4 is 5.73 Å². The van der Waals surface area contributed by atoms with E-state index >= 15 is 0 Å². The van der Waals surface area contributed by atoms with E-state index in [-0.39, 0.29) is 11.8 Å². The van der Waals surface area contributed by atoms with Gasteiger partial charge in [0.1, 0.15) is 0 Å². The summed E-state index contributed by atoms with van der Waals surface area (Å²) in [5.41, 5.74) is 5.14. The number of amides is 2. The smallest absolute Gasteiger partial charge is 0.269 e. The summed E-state index contributed by atoms with van der Waals surface area (Å²) in [6, 6.07) is 0. The van der Waals surface area contributed by atoms with Crippen molar-refractivity contribution < 1.29 is 14.4 Å². The van der Waals surface area contributed by atoms with Crippen molar-refractivity contribution in [3.05, 3.63) is 0 Å². The fourth-order valence-electron chi connectivity index (χ4n) is 2.62. The number of hydrogen-bond donors (Lipinski definition) is 1. The van der Waals surface area contributed by atoms with E-state index in [0.29, 0.717) is 32.5 Å². The summed E-state index contributed by atoms with van der Waals surface area (Å²) < 4.78 is 0. The molecule has 2 N–H and O–H groups in total. The van der Waals surface area contributed by atoms with Gasteiger partial charge in [-0.1, -0.05) is 5.16 Å². The number of carbonyl (C=O) groups excluding carboxylic acids is 2. The molecule has 20 heavy (non-hydrogen) atoms. The highest BCUT2D eigenvalue weighted by Crippen LogP contribution is 2.26. The fraction of sp³-hybridized carbons (Fsp3) is 0.769. The minimum atomic E-state index is -0.848. The summed E-state index contributed by atoms with van der Waals surface area (Å²) in [6.07, 6.45) is 0.912. The van der Waals surface area contributed by atoms with Gasteiger partial charge in [0.15, 0.2) is 0 Å². The van der Waals surface area contributed by atoms with Crippen molar-refractivity contribution in [2.45, 2.75) is 32.3 Å². The second-order valence-electron chi connectivity index (χ2n) is 5.68. The number of piperazine rings is 1. The highest BCUT2D eigenvalue weighted by molar-refractivity contribution is 5.94. The van der Waals surface area contributed by atoms with Gasteiger partial charge in [-0.3, -0.25) is 14.5 Å². The Bertz CT molecular complexity index is 429. The molecule has 7 heteroatoms. The maximum Gasteiger partial charge on any atom is 0.269 e. The monoisotopic (exact) mass is 282 g/mol. The van der Waals surface area contributed by atoms with Crippen LogP contribution >= 0.6 is 0 Å². The lowest BCUT2D eigenvalue weighted by Crippen LogP contribution is -2.55. The zero-order valence-corrected chi connectivity index (χ0v) is 12.1. The molecule has 1 fully saturated rings. The molecule has 2 aliphatic heterocycles. The molecule has 0 radical (unpaired) electrons. The average molecular weight is 282 g/mol. The maximum absolute atomic E-state index is 12.5. The molecular formula is C13H22N4O3. The van der Waals surface area contributed by atoms with Gasteiger partial charge >= 0.3 is 0 Å². The summed E-state index contributed by atoms with van der Waals surface area (Å²) in [4.78, 5) is 32.5. The largest absolute Gasteiger partial charge is 0.379 e. The predicted molar refractivity (Wildman–Crippen MR) is 74.0 cm³/mol. The van der Waals surface area contributed by atoms with Crippen LogP contribution in [-0.2, 0) is 14.4 Å². The lowest BCUT2D eigenvalue weighted by molar-refractivity contribution is -0.155. The first kappa shape index (κ1) is 14.8. The molecule has 2 heterocycles. The highest BCUT2D eigenvalue weighted by Gasteiger charge is 2.43. The van der Waals surface area contributed by atoms with Crippen molar-refractivity contribution in [1.29, 1.82) is 0 Å². The Labute approximate surface area is 118 Å². The van der Waals surface area contributed by atoms with Crippen LogP contribution in [0.5, 0.6) is 0 Å². The van der Waals surface area contributed by atoms with Gasteiger partial charge in [-0.05, 0) is 13.8 Å². The van der Waals surface area contributed by atoms with Gasteiger partial charge in [-0.2, -0.15) is 0 Å². The van der Waals surface area contributed by atoms with Gasteiger partial charge in [-0.15, -0.1) is 0 Å². The molecule has 0 saturated carbocycles. The lowest BCUT2D eigenvalue weighted by atomic mass is 9.98. The van der Waals surface area contributed by atoms with Crippen LogP contribution in [0, 0.1) is 0 Å². The minimum Gasteiger partial charge on any atom is -0.379 e. The quantitative estimate of drug-likeness (QED) is 0.757. The topological polar surface area (TPSA) is 88.2 Å². The number of nitrogens with two attached hydrogens (primary N) is 1. The Morgan fingerprint density at radius 3 is 2.50 bits per heavy atom. The lowest BCUT2D eigenvalue weighted by Gasteiger charge is -2.37. The normalized spacial score (nSPS) is 27.1. The predicted octanol–water partition coefficient (Wildman–Crippen LogP) is -0.439. The van der Waals surface area contributed by atoms with Crippen LogP contribution in [-0.4, -0.2) is 65.7 Å². The van der Waals surface area contributed by atoms with Crippen LogP contribution in [0.15, 0.2) is 5.16 Å². The Kier molecular flexibility index (Phi) is 4.27. The molecule has 0 bridgehead atoms. The third kappa shape index (κ3) is 3.27. The Morgan fingerprint density at radius 2 is 2.00 bits per heavy atom. The molecule has 1 atom stereocenters. The van der Waals surface area contributed by atoms with E-state index in [0.717, 1.165) is 18.8 Å². The van der Waals surface area contributed by atoms with Crippen molar-refractivity contribution in [2.24, 2.45) is 10.9 Å². The van der Waals surface area contributed by atoms with Gasteiger partial charge < -0.3 is 15.5 Å². The summed E-state index contributed by atoms with van der Waals surface area (Å²) in [5, 5.41) is 3.88. The Balaban J connectivity index is 1.82. The summed E-state index contributed by atoms with van der Waals surface area (Å²) >= 11 is 0. The van der Waals surface area contributed by atoms with E-state index in [1.54, 1.807) is 6.92 Å². The first-order chi connectivity index (χ1) is 9.40. The van der Waals surface area contributed by atoms with Crippen molar-refractivity contribution in [3.8, 4) is 0 Å². The van der Waals surface area contributed by atoms with Crippen LogP contribution in [0.25, 0.3) is 0 Å². The second kappa shape index (κ2) is 5.78. The third-order valence-corrected chi connectivity index (χ3v) is 3.78. The molecule has 0 spiro atoms. The first-order valence-electron chi connectivity index (χ1n) is 6.92. The fourth-order valence-corrected chi connectivity index (χ4v) is 2.62. The molecule has 0 unspecified atom stereocenters. The number of oxime groups is 1. The van der Waals surface area contributed by atoms with Crippen LogP contribution in [0.4, 0.5) is 0 Å². The summed E-state index contributed by atoms with van der Waals surface area (Å²) in [5.74, 6) is -0.296. The molecule has 0 aliphatic carbocycles. The summed E-state index contributed by atoms with van der Waals surface area (Å²) in [7, 11) is 0. The minimum absolute atomic E-state index is 0.00680. The molecule has 0 aromatic heterocycles. The van der Waals surface area contributed by atoms with Crippen LogP contribution in [0.1, 0.15) is 26.7 Å². The Hall–Kier alpha value is -1.63.